The first-order chi connectivity index (χ1) is 8.65. The molecule has 1 fully saturated rings. The topological polar surface area (TPSA) is 35.5 Å². The van der Waals surface area contributed by atoms with Crippen molar-refractivity contribution in [3.8, 4) is 5.75 Å². The van der Waals surface area contributed by atoms with Gasteiger partial charge < -0.3 is 10.4 Å². The van der Waals surface area contributed by atoms with E-state index >= 15 is 0 Å². The Kier molecular flexibility index (Phi) is 3.04. The molecule has 0 amide bonds. The van der Waals surface area contributed by atoms with Crippen LogP contribution < -0.4 is 5.32 Å². The molecule has 3 heteroatoms. The van der Waals surface area contributed by atoms with Gasteiger partial charge >= 0.3 is 0 Å². The van der Waals surface area contributed by atoms with E-state index in [1.165, 1.54) is 17.5 Å². The smallest absolute Gasteiger partial charge is 0.115 e. The average Bonchev–Trinajstić information content (AvgIpc) is 2.75. The van der Waals surface area contributed by atoms with E-state index in [2.05, 4.69) is 23.2 Å². The number of nitrogens with one attached hydrogen (secondary N) is 1. The molecular weight excluding hydrogens is 224 g/mol. The van der Waals surface area contributed by atoms with Crippen LogP contribution in [-0.2, 0) is 13.0 Å². The molecule has 3 nitrogen and oxygen atoms in total. The number of phenols is 1. The lowest BCUT2D eigenvalue weighted by molar-refractivity contribution is 0.164. The molecule has 1 aromatic rings. The number of hydrogen-bond donors (Lipinski definition) is 2. The van der Waals surface area contributed by atoms with E-state index < -0.39 is 0 Å². The van der Waals surface area contributed by atoms with Crippen LogP contribution in [0.4, 0.5) is 0 Å². The molecule has 0 aromatic heterocycles. The maximum absolute atomic E-state index is 9.58. The van der Waals surface area contributed by atoms with Gasteiger partial charge in [-0.2, -0.15) is 0 Å². The number of nitrogens with zero attached hydrogens (tertiary/aromatic N) is 1. The predicted octanol–water partition coefficient (Wildman–Crippen LogP) is 1.75. The minimum absolute atomic E-state index is 0.393. The zero-order valence-electron chi connectivity index (χ0n) is 11.1. The van der Waals surface area contributed by atoms with E-state index in [0.717, 1.165) is 39.1 Å². The molecule has 1 saturated heterocycles. The highest BCUT2D eigenvalue weighted by Crippen LogP contribution is 2.29. The summed E-state index contributed by atoms with van der Waals surface area (Å²) in [4.78, 5) is 2.54. The molecule has 1 unspecified atom stereocenters. The summed E-state index contributed by atoms with van der Waals surface area (Å²) in [7, 11) is 0. The van der Waals surface area contributed by atoms with Crippen molar-refractivity contribution in [2.24, 2.45) is 5.41 Å². The quantitative estimate of drug-likeness (QED) is 0.834. The highest BCUT2D eigenvalue weighted by Gasteiger charge is 2.31. The van der Waals surface area contributed by atoms with Crippen LogP contribution in [0.3, 0.4) is 0 Å². The number of aromatic hydroxyl groups is 1. The Morgan fingerprint density at radius 1 is 1.39 bits per heavy atom. The maximum Gasteiger partial charge on any atom is 0.115 e. The van der Waals surface area contributed by atoms with Gasteiger partial charge in [0.15, 0.2) is 0 Å². The van der Waals surface area contributed by atoms with Crippen LogP contribution >= 0.6 is 0 Å². The van der Waals surface area contributed by atoms with Gasteiger partial charge in [-0.15, -0.1) is 0 Å². The fourth-order valence-corrected chi connectivity index (χ4v) is 3.28. The number of rotatable bonds is 2. The van der Waals surface area contributed by atoms with E-state index in [-0.39, 0.29) is 0 Å². The molecule has 18 heavy (non-hydrogen) atoms. The van der Waals surface area contributed by atoms with Crippen LogP contribution in [0.2, 0.25) is 0 Å². The lowest BCUT2D eigenvalue weighted by atomic mass is 9.88. The average molecular weight is 246 g/mol. The molecule has 0 radical (unpaired) electrons. The Bertz CT molecular complexity index is 438. The Hall–Kier alpha value is -1.06. The number of fused-ring (bicyclic) bond motifs is 1. The molecule has 98 valence electrons. The second-order valence-electron chi connectivity index (χ2n) is 6.15. The van der Waals surface area contributed by atoms with Crippen molar-refractivity contribution in [3.63, 3.8) is 0 Å². The zero-order chi connectivity index (χ0) is 12.6. The molecule has 0 aliphatic carbocycles. The maximum atomic E-state index is 9.58. The lowest BCUT2D eigenvalue weighted by Crippen LogP contribution is -2.40. The molecule has 1 atom stereocenters. The molecule has 0 saturated carbocycles. The molecule has 2 aliphatic heterocycles. The number of hydrogen-bond acceptors (Lipinski definition) is 3. The molecular formula is C15H22N2O. The highest BCUT2D eigenvalue weighted by molar-refractivity contribution is 5.36. The van der Waals surface area contributed by atoms with Crippen molar-refractivity contribution in [2.45, 2.75) is 26.3 Å². The van der Waals surface area contributed by atoms with Crippen molar-refractivity contribution in [1.82, 2.24) is 10.2 Å². The van der Waals surface area contributed by atoms with E-state index in [0.29, 0.717) is 11.2 Å². The van der Waals surface area contributed by atoms with E-state index in [9.17, 15) is 5.11 Å². The summed E-state index contributed by atoms with van der Waals surface area (Å²) in [5.74, 6) is 0.393. The van der Waals surface area contributed by atoms with Gasteiger partial charge in [-0.05, 0) is 48.1 Å². The van der Waals surface area contributed by atoms with Crippen molar-refractivity contribution in [1.29, 1.82) is 0 Å². The zero-order valence-corrected chi connectivity index (χ0v) is 11.1. The fourth-order valence-electron chi connectivity index (χ4n) is 3.28. The Labute approximate surface area is 109 Å². The first-order valence-electron chi connectivity index (χ1n) is 6.89. The van der Waals surface area contributed by atoms with Gasteiger partial charge in [-0.25, -0.2) is 0 Å². The normalized spacial score (nSPS) is 28.3. The summed E-state index contributed by atoms with van der Waals surface area (Å²) in [6, 6.07) is 5.80. The van der Waals surface area contributed by atoms with Crippen LogP contribution in [0.5, 0.6) is 5.75 Å². The van der Waals surface area contributed by atoms with Gasteiger partial charge in [-0.1, -0.05) is 13.0 Å². The van der Waals surface area contributed by atoms with Crippen molar-refractivity contribution < 1.29 is 5.11 Å². The minimum Gasteiger partial charge on any atom is -0.508 e. The van der Waals surface area contributed by atoms with Gasteiger partial charge in [-0.3, -0.25) is 4.90 Å². The highest BCUT2D eigenvalue weighted by atomic mass is 16.3. The van der Waals surface area contributed by atoms with Crippen LogP contribution in [0.15, 0.2) is 18.2 Å². The molecule has 2 aliphatic rings. The first-order valence-corrected chi connectivity index (χ1v) is 6.89. The fraction of sp³-hybridized carbons (Fsp3) is 0.600. The summed E-state index contributed by atoms with van der Waals surface area (Å²) >= 11 is 0. The van der Waals surface area contributed by atoms with E-state index in [1.54, 1.807) is 6.07 Å². The van der Waals surface area contributed by atoms with Gasteiger partial charge in [0.1, 0.15) is 5.75 Å². The van der Waals surface area contributed by atoms with Gasteiger partial charge in [0.2, 0.25) is 0 Å². The number of phenolic OH excluding ortho intramolecular Hbond substituents is 1. The SMILES string of the molecule is CC1(CN2CCc3ccc(O)cc3C2)CCNC1. The van der Waals surface area contributed by atoms with Crippen LogP contribution in [0.1, 0.15) is 24.5 Å². The first kappa shape index (κ1) is 12.0. The third-order valence-electron chi connectivity index (χ3n) is 4.34. The Morgan fingerprint density at radius 2 is 2.28 bits per heavy atom. The molecule has 0 spiro atoms. The minimum atomic E-state index is 0.393. The summed E-state index contributed by atoms with van der Waals surface area (Å²) in [5, 5.41) is 13.0. The lowest BCUT2D eigenvalue weighted by Gasteiger charge is -2.35. The summed E-state index contributed by atoms with van der Waals surface area (Å²) in [6.07, 6.45) is 2.38. The van der Waals surface area contributed by atoms with E-state index in [4.69, 9.17) is 0 Å². The molecule has 0 bridgehead atoms. The third-order valence-corrected chi connectivity index (χ3v) is 4.34. The van der Waals surface area contributed by atoms with Crippen molar-refractivity contribution in [3.05, 3.63) is 29.3 Å². The van der Waals surface area contributed by atoms with Gasteiger partial charge in [0, 0.05) is 26.2 Å². The molecule has 1 aromatic carbocycles. The second-order valence-corrected chi connectivity index (χ2v) is 6.15. The van der Waals surface area contributed by atoms with Crippen molar-refractivity contribution in [2.75, 3.05) is 26.2 Å². The summed E-state index contributed by atoms with van der Waals surface area (Å²) in [5.41, 5.74) is 3.13. The second kappa shape index (κ2) is 4.56. The van der Waals surface area contributed by atoms with Crippen LogP contribution in [-0.4, -0.2) is 36.2 Å². The van der Waals surface area contributed by atoms with Crippen LogP contribution in [0.25, 0.3) is 0 Å². The molecule has 2 heterocycles. The van der Waals surface area contributed by atoms with Gasteiger partial charge in [0.05, 0.1) is 0 Å². The number of benzene rings is 1. The molecule has 3 rings (SSSR count). The predicted molar refractivity (Wildman–Crippen MR) is 72.7 cm³/mol. The van der Waals surface area contributed by atoms with Gasteiger partial charge in [0.25, 0.3) is 0 Å². The summed E-state index contributed by atoms with van der Waals surface area (Å²) in [6.45, 7) is 7.96. The van der Waals surface area contributed by atoms with E-state index in [1.807, 2.05) is 6.07 Å². The largest absolute Gasteiger partial charge is 0.508 e. The molecule has 2 N–H and O–H groups in total. The van der Waals surface area contributed by atoms with Crippen molar-refractivity contribution >= 4 is 0 Å². The summed E-state index contributed by atoms with van der Waals surface area (Å²) < 4.78 is 0. The van der Waals surface area contributed by atoms with Crippen LogP contribution in [0, 0.1) is 5.41 Å². The third kappa shape index (κ3) is 2.38. The Balaban J connectivity index is 1.70. The standard InChI is InChI=1S/C15H22N2O/c1-15(5-6-16-10-15)11-17-7-4-12-2-3-14(18)8-13(12)9-17/h2-3,8,16,18H,4-7,9-11H2,1H3. The monoisotopic (exact) mass is 246 g/mol. The Morgan fingerprint density at radius 3 is 3.06 bits per heavy atom.